The van der Waals surface area contributed by atoms with Gasteiger partial charge in [-0.15, -0.1) is 0 Å². The molecule has 1 saturated carbocycles. The number of hydrogen-bond acceptors (Lipinski definition) is 2. The summed E-state index contributed by atoms with van der Waals surface area (Å²) in [5, 5.41) is 14.1. The van der Waals surface area contributed by atoms with Crippen LogP contribution < -0.4 is 10.6 Å². The van der Waals surface area contributed by atoms with E-state index in [1.807, 2.05) is 12.1 Å². The van der Waals surface area contributed by atoms with Gasteiger partial charge >= 0.3 is 12.0 Å². The third-order valence-electron chi connectivity index (χ3n) is 2.75. The molecule has 1 fully saturated rings. The number of urea groups is 1. The van der Waals surface area contributed by atoms with Crippen LogP contribution in [0.2, 0.25) is 0 Å². The van der Waals surface area contributed by atoms with Gasteiger partial charge in [-0.1, -0.05) is 12.1 Å². The van der Waals surface area contributed by atoms with E-state index in [1.54, 1.807) is 12.1 Å². The summed E-state index contributed by atoms with van der Waals surface area (Å²) >= 11 is 0. The number of aliphatic carboxylic acids is 1. The number of anilines is 1. The van der Waals surface area contributed by atoms with E-state index in [4.69, 9.17) is 5.11 Å². The van der Waals surface area contributed by atoms with Crippen LogP contribution in [0, 0.1) is 0 Å². The number of hydrogen-bond donors (Lipinski definition) is 3. The minimum atomic E-state index is -0.805. The molecular weight excluding hydrogens is 232 g/mol. The molecule has 0 heterocycles. The van der Waals surface area contributed by atoms with E-state index in [1.165, 1.54) is 0 Å². The van der Waals surface area contributed by atoms with Gasteiger partial charge in [0.15, 0.2) is 0 Å². The molecule has 0 aromatic heterocycles. The first-order chi connectivity index (χ1) is 8.63. The van der Waals surface area contributed by atoms with Gasteiger partial charge in [-0.25, -0.2) is 4.79 Å². The molecule has 18 heavy (non-hydrogen) atoms. The molecule has 0 saturated heterocycles. The second-order valence-corrected chi connectivity index (χ2v) is 4.46. The highest BCUT2D eigenvalue weighted by atomic mass is 16.4. The van der Waals surface area contributed by atoms with Crippen molar-refractivity contribution in [2.45, 2.75) is 31.7 Å². The third-order valence-corrected chi connectivity index (χ3v) is 2.75. The number of carboxylic acid groups (broad SMARTS) is 1. The summed E-state index contributed by atoms with van der Waals surface area (Å²) in [6, 6.07) is 7.37. The fraction of sp³-hybridized carbons (Fsp3) is 0.385. The van der Waals surface area contributed by atoms with Crippen molar-refractivity contribution in [1.29, 1.82) is 0 Å². The molecule has 5 heteroatoms. The van der Waals surface area contributed by atoms with E-state index >= 15 is 0 Å². The lowest BCUT2D eigenvalue weighted by Gasteiger charge is -2.07. The van der Waals surface area contributed by atoms with Crippen molar-refractivity contribution in [3.63, 3.8) is 0 Å². The number of amides is 2. The SMILES string of the molecule is O=C(O)CCc1ccc(NC(=O)NC2CC2)cc1. The summed E-state index contributed by atoms with van der Waals surface area (Å²) in [5.41, 5.74) is 1.66. The van der Waals surface area contributed by atoms with E-state index in [0.29, 0.717) is 18.2 Å². The van der Waals surface area contributed by atoms with Crippen molar-refractivity contribution in [3.8, 4) is 0 Å². The Morgan fingerprint density at radius 3 is 2.44 bits per heavy atom. The maximum atomic E-state index is 11.5. The minimum Gasteiger partial charge on any atom is -0.481 e. The summed E-state index contributed by atoms with van der Waals surface area (Å²) in [6.07, 6.45) is 2.74. The van der Waals surface area contributed by atoms with Gasteiger partial charge < -0.3 is 15.7 Å². The average Bonchev–Trinajstić information content (AvgIpc) is 3.12. The Morgan fingerprint density at radius 2 is 1.89 bits per heavy atom. The molecule has 2 amide bonds. The normalized spacial score (nSPS) is 14.0. The zero-order valence-electron chi connectivity index (χ0n) is 9.98. The number of carbonyl (C=O) groups excluding carboxylic acids is 1. The Hall–Kier alpha value is -2.04. The number of carboxylic acids is 1. The standard InChI is InChI=1S/C13H16N2O3/c16-12(17)8-3-9-1-4-10(5-2-9)14-13(18)15-11-6-7-11/h1-2,4-5,11H,3,6-8H2,(H,16,17)(H2,14,15,18). The van der Waals surface area contributed by atoms with Crippen LogP contribution in [-0.2, 0) is 11.2 Å². The maximum absolute atomic E-state index is 11.5. The van der Waals surface area contributed by atoms with E-state index in [0.717, 1.165) is 18.4 Å². The number of aryl methyl sites for hydroxylation is 1. The fourth-order valence-corrected chi connectivity index (χ4v) is 1.59. The second-order valence-electron chi connectivity index (χ2n) is 4.46. The number of carbonyl (C=O) groups is 2. The zero-order chi connectivity index (χ0) is 13.0. The molecule has 0 radical (unpaired) electrons. The molecule has 0 unspecified atom stereocenters. The molecule has 1 aliphatic carbocycles. The molecule has 0 spiro atoms. The molecule has 1 aliphatic rings. The van der Waals surface area contributed by atoms with Gasteiger partial charge in [0.05, 0.1) is 0 Å². The van der Waals surface area contributed by atoms with Crippen LogP contribution in [0.15, 0.2) is 24.3 Å². The second kappa shape index (κ2) is 5.53. The Bertz CT molecular complexity index is 438. The smallest absolute Gasteiger partial charge is 0.319 e. The van der Waals surface area contributed by atoms with Crippen LogP contribution in [0.5, 0.6) is 0 Å². The predicted molar refractivity (Wildman–Crippen MR) is 67.6 cm³/mol. The summed E-state index contributed by atoms with van der Waals surface area (Å²) in [6.45, 7) is 0. The van der Waals surface area contributed by atoms with Gasteiger partial charge in [0.2, 0.25) is 0 Å². The largest absolute Gasteiger partial charge is 0.481 e. The van der Waals surface area contributed by atoms with Gasteiger partial charge in [0, 0.05) is 18.2 Å². The van der Waals surface area contributed by atoms with Gasteiger partial charge in [-0.05, 0) is 37.0 Å². The van der Waals surface area contributed by atoms with Crippen LogP contribution in [0.25, 0.3) is 0 Å². The van der Waals surface area contributed by atoms with Crippen LogP contribution in [0.1, 0.15) is 24.8 Å². The molecule has 0 bridgehead atoms. The Labute approximate surface area is 105 Å². The highest BCUT2D eigenvalue weighted by Crippen LogP contribution is 2.19. The van der Waals surface area contributed by atoms with Crippen molar-refractivity contribution in [1.82, 2.24) is 5.32 Å². The van der Waals surface area contributed by atoms with Crippen molar-refractivity contribution < 1.29 is 14.7 Å². The molecule has 96 valence electrons. The summed E-state index contributed by atoms with van der Waals surface area (Å²) in [4.78, 5) is 21.9. The molecule has 1 aromatic rings. The third kappa shape index (κ3) is 4.08. The first-order valence-electron chi connectivity index (χ1n) is 6.02. The van der Waals surface area contributed by atoms with Crippen molar-refractivity contribution in [2.75, 3.05) is 5.32 Å². The lowest BCUT2D eigenvalue weighted by Crippen LogP contribution is -2.30. The van der Waals surface area contributed by atoms with Crippen molar-refractivity contribution in [2.24, 2.45) is 0 Å². The van der Waals surface area contributed by atoms with Gasteiger partial charge in [0.25, 0.3) is 0 Å². The molecule has 5 nitrogen and oxygen atoms in total. The monoisotopic (exact) mass is 248 g/mol. The Kier molecular flexibility index (Phi) is 3.82. The molecule has 3 N–H and O–H groups in total. The zero-order valence-corrected chi connectivity index (χ0v) is 9.98. The Balaban J connectivity index is 1.82. The van der Waals surface area contributed by atoms with Crippen LogP contribution in [-0.4, -0.2) is 23.1 Å². The fourth-order valence-electron chi connectivity index (χ4n) is 1.59. The van der Waals surface area contributed by atoms with Crippen molar-refractivity contribution in [3.05, 3.63) is 29.8 Å². The lowest BCUT2D eigenvalue weighted by molar-refractivity contribution is -0.136. The van der Waals surface area contributed by atoms with Gasteiger partial charge in [0.1, 0.15) is 0 Å². The number of rotatable bonds is 5. The lowest BCUT2D eigenvalue weighted by atomic mass is 10.1. The van der Waals surface area contributed by atoms with E-state index in [9.17, 15) is 9.59 Å². The summed E-state index contributed by atoms with van der Waals surface area (Å²) in [5.74, 6) is -0.805. The van der Waals surface area contributed by atoms with Crippen LogP contribution in [0.4, 0.5) is 10.5 Å². The van der Waals surface area contributed by atoms with E-state index in [2.05, 4.69) is 10.6 Å². The topological polar surface area (TPSA) is 78.4 Å². The number of nitrogens with one attached hydrogen (secondary N) is 2. The van der Waals surface area contributed by atoms with Crippen LogP contribution >= 0.6 is 0 Å². The van der Waals surface area contributed by atoms with Crippen LogP contribution in [0.3, 0.4) is 0 Å². The maximum Gasteiger partial charge on any atom is 0.319 e. The molecule has 1 aromatic carbocycles. The summed E-state index contributed by atoms with van der Waals surface area (Å²) < 4.78 is 0. The predicted octanol–water partition coefficient (Wildman–Crippen LogP) is 1.99. The molecular formula is C13H16N2O3. The highest BCUT2D eigenvalue weighted by molar-refractivity contribution is 5.89. The molecule has 0 aliphatic heterocycles. The first kappa shape index (κ1) is 12.4. The summed E-state index contributed by atoms with van der Waals surface area (Å²) in [7, 11) is 0. The quantitative estimate of drug-likeness (QED) is 0.745. The van der Waals surface area contributed by atoms with Gasteiger partial charge in [-0.2, -0.15) is 0 Å². The minimum absolute atomic E-state index is 0.120. The van der Waals surface area contributed by atoms with Crippen molar-refractivity contribution >= 4 is 17.7 Å². The number of benzene rings is 1. The van der Waals surface area contributed by atoms with Gasteiger partial charge in [-0.3, -0.25) is 4.79 Å². The average molecular weight is 248 g/mol. The highest BCUT2D eigenvalue weighted by Gasteiger charge is 2.23. The Morgan fingerprint density at radius 1 is 1.22 bits per heavy atom. The van der Waals surface area contributed by atoms with E-state index < -0.39 is 5.97 Å². The molecule has 2 rings (SSSR count). The first-order valence-corrected chi connectivity index (χ1v) is 6.02. The van der Waals surface area contributed by atoms with E-state index in [-0.39, 0.29) is 12.5 Å². The molecule has 0 atom stereocenters.